The van der Waals surface area contributed by atoms with Gasteiger partial charge in [-0.05, 0) is 26.2 Å². The van der Waals surface area contributed by atoms with Crippen molar-refractivity contribution >= 4 is 12.0 Å². The molecule has 0 aliphatic carbocycles. The molecular weight excluding hydrogens is 248 g/mol. The van der Waals surface area contributed by atoms with Gasteiger partial charge in [0.1, 0.15) is 0 Å². The minimum Gasteiger partial charge on any atom is -0.481 e. The van der Waals surface area contributed by atoms with Crippen LogP contribution in [-0.2, 0) is 9.53 Å². The van der Waals surface area contributed by atoms with Crippen molar-refractivity contribution in [2.75, 3.05) is 19.8 Å². The number of hydrogen-bond donors (Lipinski definition) is 3. The Balaban J connectivity index is 2.50. The van der Waals surface area contributed by atoms with Gasteiger partial charge in [-0.15, -0.1) is 0 Å². The fourth-order valence-corrected chi connectivity index (χ4v) is 2.21. The van der Waals surface area contributed by atoms with Crippen molar-refractivity contribution in [3.8, 4) is 0 Å². The molecule has 0 radical (unpaired) electrons. The van der Waals surface area contributed by atoms with Gasteiger partial charge < -0.3 is 20.5 Å². The van der Waals surface area contributed by atoms with Gasteiger partial charge in [-0.1, -0.05) is 13.8 Å². The average Bonchev–Trinajstić information content (AvgIpc) is 2.77. The van der Waals surface area contributed by atoms with E-state index >= 15 is 0 Å². The third kappa shape index (κ3) is 3.83. The number of carbonyl (C=O) groups is 2. The highest BCUT2D eigenvalue weighted by atomic mass is 16.5. The molecule has 1 rings (SSSR count). The van der Waals surface area contributed by atoms with Crippen molar-refractivity contribution in [1.82, 2.24) is 10.6 Å². The zero-order chi connectivity index (χ0) is 14.5. The second-order valence-electron chi connectivity index (χ2n) is 5.46. The predicted octanol–water partition coefficient (Wildman–Crippen LogP) is 1.36. The molecular formula is C13H24N2O4. The first-order chi connectivity index (χ1) is 8.87. The summed E-state index contributed by atoms with van der Waals surface area (Å²) >= 11 is 0. The highest BCUT2D eigenvalue weighted by Gasteiger charge is 2.36. The maximum absolute atomic E-state index is 11.8. The molecule has 0 bridgehead atoms. The smallest absolute Gasteiger partial charge is 0.315 e. The van der Waals surface area contributed by atoms with Crippen molar-refractivity contribution in [3.05, 3.63) is 0 Å². The zero-order valence-electron chi connectivity index (χ0n) is 11.9. The largest absolute Gasteiger partial charge is 0.481 e. The Bertz CT molecular complexity index is 334. The minimum absolute atomic E-state index is 0.137. The average molecular weight is 272 g/mol. The summed E-state index contributed by atoms with van der Waals surface area (Å²) in [5.41, 5.74) is -1.24. The molecule has 19 heavy (non-hydrogen) atoms. The molecule has 2 amide bonds. The first-order valence-corrected chi connectivity index (χ1v) is 6.74. The third-order valence-electron chi connectivity index (χ3n) is 4.03. The molecule has 3 N–H and O–H groups in total. The molecule has 0 saturated carbocycles. The van der Waals surface area contributed by atoms with Gasteiger partial charge in [0, 0.05) is 13.2 Å². The van der Waals surface area contributed by atoms with E-state index < -0.39 is 11.4 Å². The minimum atomic E-state index is -0.885. The number of aliphatic carboxylic acids is 1. The molecule has 6 nitrogen and oxygen atoms in total. The number of ether oxygens (including phenoxy) is 1. The highest BCUT2D eigenvalue weighted by molar-refractivity contribution is 5.78. The van der Waals surface area contributed by atoms with Crippen molar-refractivity contribution < 1.29 is 19.4 Å². The van der Waals surface area contributed by atoms with Crippen LogP contribution in [0.1, 0.15) is 40.0 Å². The topological polar surface area (TPSA) is 87.7 Å². The molecule has 1 heterocycles. The highest BCUT2D eigenvalue weighted by Crippen LogP contribution is 2.25. The summed E-state index contributed by atoms with van der Waals surface area (Å²) in [6, 6.07) is -0.333. The lowest BCUT2D eigenvalue weighted by Crippen LogP contribution is -2.53. The van der Waals surface area contributed by atoms with Crippen LogP contribution in [0.4, 0.5) is 4.79 Å². The van der Waals surface area contributed by atoms with Gasteiger partial charge in [0.15, 0.2) is 0 Å². The van der Waals surface area contributed by atoms with Crippen molar-refractivity contribution in [2.45, 2.75) is 45.6 Å². The second-order valence-corrected chi connectivity index (χ2v) is 5.46. The van der Waals surface area contributed by atoms with Crippen LogP contribution in [0.5, 0.6) is 0 Å². The Morgan fingerprint density at radius 3 is 2.42 bits per heavy atom. The summed E-state index contributed by atoms with van der Waals surface area (Å²) < 4.78 is 5.25. The SMILES string of the molecule is CCC(CC)(CNC(=O)NC1(C)CCOC1)C(=O)O. The standard InChI is InChI=1S/C13H24N2O4/c1-4-13(5-2,10(16)17)8-14-11(18)15-12(3)6-7-19-9-12/h4-9H2,1-3H3,(H,16,17)(H2,14,15,18). The number of carboxylic acid groups (broad SMARTS) is 1. The maximum Gasteiger partial charge on any atom is 0.315 e. The van der Waals surface area contributed by atoms with Crippen LogP contribution >= 0.6 is 0 Å². The quantitative estimate of drug-likeness (QED) is 0.681. The molecule has 1 saturated heterocycles. The summed E-state index contributed by atoms with van der Waals surface area (Å²) in [7, 11) is 0. The van der Waals surface area contributed by atoms with Gasteiger partial charge in [-0.2, -0.15) is 0 Å². The Kier molecular flexibility index (Phi) is 5.17. The van der Waals surface area contributed by atoms with Crippen LogP contribution in [0.15, 0.2) is 0 Å². The lowest BCUT2D eigenvalue weighted by molar-refractivity contribution is -0.149. The number of rotatable bonds is 6. The van der Waals surface area contributed by atoms with E-state index in [1.165, 1.54) is 0 Å². The number of nitrogens with one attached hydrogen (secondary N) is 2. The number of carboxylic acids is 1. The lowest BCUT2D eigenvalue weighted by atomic mass is 9.82. The van der Waals surface area contributed by atoms with Crippen LogP contribution in [-0.4, -0.2) is 42.4 Å². The van der Waals surface area contributed by atoms with Gasteiger partial charge in [0.2, 0.25) is 0 Å². The van der Waals surface area contributed by atoms with E-state index in [0.717, 1.165) is 6.42 Å². The van der Waals surface area contributed by atoms with Crippen LogP contribution in [0.3, 0.4) is 0 Å². The molecule has 1 unspecified atom stereocenters. The molecule has 6 heteroatoms. The van der Waals surface area contributed by atoms with E-state index in [-0.39, 0.29) is 18.1 Å². The first-order valence-electron chi connectivity index (χ1n) is 6.74. The molecule has 0 aromatic rings. The monoisotopic (exact) mass is 272 g/mol. The van der Waals surface area contributed by atoms with E-state index in [1.807, 2.05) is 20.8 Å². The molecule has 1 aliphatic rings. The van der Waals surface area contributed by atoms with E-state index in [4.69, 9.17) is 4.74 Å². The fraction of sp³-hybridized carbons (Fsp3) is 0.846. The summed E-state index contributed by atoms with van der Waals surface area (Å²) in [6.45, 7) is 6.83. The molecule has 1 atom stereocenters. The van der Waals surface area contributed by atoms with Crippen LogP contribution in [0.2, 0.25) is 0 Å². The second kappa shape index (κ2) is 6.23. The Hall–Kier alpha value is -1.30. The van der Waals surface area contributed by atoms with Crippen molar-refractivity contribution in [1.29, 1.82) is 0 Å². The first kappa shape index (κ1) is 15.8. The van der Waals surface area contributed by atoms with Gasteiger partial charge in [-0.25, -0.2) is 4.79 Å². The predicted molar refractivity (Wildman–Crippen MR) is 71.0 cm³/mol. The van der Waals surface area contributed by atoms with Crippen LogP contribution < -0.4 is 10.6 Å². The molecule has 1 aliphatic heterocycles. The Morgan fingerprint density at radius 2 is 2.00 bits per heavy atom. The maximum atomic E-state index is 11.8. The summed E-state index contributed by atoms with van der Waals surface area (Å²) in [5.74, 6) is -0.867. The Morgan fingerprint density at radius 1 is 1.37 bits per heavy atom. The normalized spacial score (nSPS) is 23.1. The summed E-state index contributed by atoms with van der Waals surface area (Å²) in [6.07, 6.45) is 1.74. The zero-order valence-corrected chi connectivity index (χ0v) is 11.9. The number of urea groups is 1. The van der Waals surface area contributed by atoms with Crippen LogP contribution in [0.25, 0.3) is 0 Å². The molecule has 1 fully saturated rings. The van der Waals surface area contributed by atoms with Gasteiger partial charge in [0.25, 0.3) is 0 Å². The van der Waals surface area contributed by atoms with Gasteiger partial charge in [-0.3, -0.25) is 4.79 Å². The fourth-order valence-electron chi connectivity index (χ4n) is 2.21. The Labute approximate surface area is 113 Å². The van der Waals surface area contributed by atoms with Crippen molar-refractivity contribution in [2.24, 2.45) is 5.41 Å². The van der Waals surface area contributed by atoms with Crippen molar-refractivity contribution in [3.63, 3.8) is 0 Å². The van der Waals surface area contributed by atoms with Gasteiger partial charge >= 0.3 is 12.0 Å². The number of amides is 2. The van der Waals surface area contributed by atoms with Gasteiger partial charge in [0.05, 0.1) is 17.6 Å². The lowest BCUT2D eigenvalue weighted by Gasteiger charge is -2.29. The third-order valence-corrected chi connectivity index (χ3v) is 4.03. The molecule has 0 aromatic carbocycles. The van der Waals surface area contributed by atoms with E-state index in [2.05, 4.69) is 10.6 Å². The summed E-state index contributed by atoms with van der Waals surface area (Å²) in [4.78, 5) is 23.1. The van der Waals surface area contributed by atoms with Crippen LogP contribution in [0, 0.1) is 5.41 Å². The number of carbonyl (C=O) groups excluding carboxylic acids is 1. The van der Waals surface area contributed by atoms with E-state index in [1.54, 1.807) is 0 Å². The molecule has 0 spiro atoms. The molecule has 110 valence electrons. The van der Waals surface area contributed by atoms with E-state index in [9.17, 15) is 14.7 Å². The van der Waals surface area contributed by atoms with E-state index in [0.29, 0.717) is 26.1 Å². The summed E-state index contributed by atoms with van der Waals surface area (Å²) in [5, 5.41) is 14.8. The molecule has 0 aromatic heterocycles. The number of hydrogen-bond acceptors (Lipinski definition) is 3.